The van der Waals surface area contributed by atoms with Gasteiger partial charge in [-0.1, -0.05) is 0 Å². The summed E-state index contributed by atoms with van der Waals surface area (Å²) < 4.78 is 0. The lowest BCUT2D eigenvalue weighted by atomic mass is 10.3. The first-order valence-electron chi connectivity index (χ1n) is 6.25. The summed E-state index contributed by atoms with van der Waals surface area (Å²) in [7, 11) is 0. The van der Waals surface area contributed by atoms with E-state index in [0.29, 0.717) is 19.5 Å². The zero-order valence-corrected chi connectivity index (χ0v) is 11.2. The van der Waals surface area contributed by atoms with Gasteiger partial charge in [-0.2, -0.15) is 0 Å². The van der Waals surface area contributed by atoms with Crippen LogP contribution in [0.4, 0.5) is 11.6 Å². The van der Waals surface area contributed by atoms with E-state index in [1.165, 1.54) is 6.33 Å². The summed E-state index contributed by atoms with van der Waals surface area (Å²) >= 11 is 0. The Labute approximate surface area is 108 Å². The molecule has 0 saturated heterocycles. The number of nitrogens with zero attached hydrogens (tertiary/aromatic N) is 2. The Morgan fingerprint density at radius 1 is 1.17 bits per heavy atom. The van der Waals surface area contributed by atoms with E-state index in [2.05, 4.69) is 25.9 Å². The van der Waals surface area contributed by atoms with Gasteiger partial charge < -0.3 is 16.0 Å². The molecule has 6 nitrogen and oxygen atoms in total. The van der Waals surface area contributed by atoms with Crippen LogP contribution in [-0.2, 0) is 4.79 Å². The topological polar surface area (TPSA) is 78.9 Å². The second-order valence-corrected chi connectivity index (χ2v) is 3.86. The molecule has 100 valence electrons. The minimum absolute atomic E-state index is 0.0450. The van der Waals surface area contributed by atoms with Gasteiger partial charge >= 0.3 is 0 Å². The molecule has 0 aliphatic heterocycles. The molecule has 0 aromatic carbocycles. The number of carbonyl (C=O) groups excluding carboxylic acids is 1. The molecule has 0 spiro atoms. The number of aromatic nitrogens is 2. The number of hydrogen-bond acceptors (Lipinski definition) is 5. The zero-order valence-electron chi connectivity index (χ0n) is 11.2. The van der Waals surface area contributed by atoms with Crippen molar-refractivity contribution < 1.29 is 4.79 Å². The third-order valence-electron chi connectivity index (χ3n) is 2.45. The Bertz CT molecular complexity index is 394. The van der Waals surface area contributed by atoms with Gasteiger partial charge in [-0.3, -0.25) is 4.79 Å². The minimum Gasteiger partial charge on any atom is -0.370 e. The standard InChI is InChI=1S/C12H21N5O/c1-4-13-10(18)6-7-15-12-9(3)11(14-5-2)16-8-17-12/h8H,4-7H2,1-3H3,(H,13,18)(H2,14,15,16,17). The highest BCUT2D eigenvalue weighted by Crippen LogP contribution is 2.17. The molecule has 0 fully saturated rings. The third kappa shape index (κ3) is 4.20. The summed E-state index contributed by atoms with van der Waals surface area (Å²) in [6.45, 7) is 7.92. The molecule has 18 heavy (non-hydrogen) atoms. The van der Waals surface area contributed by atoms with Crippen LogP contribution >= 0.6 is 0 Å². The Kier molecular flexibility index (Phi) is 5.90. The first kappa shape index (κ1) is 14.2. The van der Waals surface area contributed by atoms with E-state index in [1.54, 1.807) is 0 Å². The molecule has 0 aliphatic carbocycles. The second-order valence-electron chi connectivity index (χ2n) is 3.86. The predicted octanol–water partition coefficient (Wildman–Crippen LogP) is 1.15. The van der Waals surface area contributed by atoms with Crippen LogP contribution in [0.5, 0.6) is 0 Å². The van der Waals surface area contributed by atoms with Crippen molar-refractivity contribution in [2.24, 2.45) is 0 Å². The van der Waals surface area contributed by atoms with Crippen LogP contribution in [0, 0.1) is 6.92 Å². The summed E-state index contributed by atoms with van der Waals surface area (Å²) in [5.41, 5.74) is 0.968. The highest BCUT2D eigenvalue weighted by molar-refractivity contribution is 5.76. The molecular formula is C12H21N5O. The fourth-order valence-corrected chi connectivity index (χ4v) is 1.55. The van der Waals surface area contributed by atoms with Crippen LogP contribution in [0.25, 0.3) is 0 Å². The highest BCUT2D eigenvalue weighted by atomic mass is 16.1. The molecule has 1 aromatic heterocycles. The number of carbonyl (C=O) groups is 1. The molecule has 0 radical (unpaired) electrons. The van der Waals surface area contributed by atoms with Gasteiger partial charge in [0.2, 0.25) is 5.91 Å². The van der Waals surface area contributed by atoms with Gasteiger partial charge in [0.05, 0.1) is 0 Å². The molecule has 1 aromatic rings. The van der Waals surface area contributed by atoms with E-state index in [1.807, 2.05) is 20.8 Å². The smallest absolute Gasteiger partial charge is 0.221 e. The van der Waals surface area contributed by atoms with Gasteiger partial charge in [0.1, 0.15) is 18.0 Å². The lowest BCUT2D eigenvalue weighted by molar-refractivity contribution is -0.120. The van der Waals surface area contributed by atoms with Crippen LogP contribution < -0.4 is 16.0 Å². The van der Waals surface area contributed by atoms with Crippen molar-refractivity contribution in [1.29, 1.82) is 0 Å². The maximum atomic E-state index is 11.3. The van der Waals surface area contributed by atoms with Crippen molar-refractivity contribution >= 4 is 17.5 Å². The van der Waals surface area contributed by atoms with Gasteiger partial charge in [0.15, 0.2) is 0 Å². The van der Waals surface area contributed by atoms with E-state index in [-0.39, 0.29) is 5.91 Å². The average Bonchev–Trinajstić information content (AvgIpc) is 2.34. The third-order valence-corrected chi connectivity index (χ3v) is 2.45. The second kappa shape index (κ2) is 7.47. The van der Waals surface area contributed by atoms with Crippen molar-refractivity contribution in [3.8, 4) is 0 Å². The van der Waals surface area contributed by atoms with E-state index in [0.717, 1.165) is 23.7 Å². The molecular weight excluding hydrogens is 230 g/mol. The largest absolute Gasteiger partial charge is 0.370 e. The molecule has 0 bridgehead atoms. The minimum atomic E-state index is 0.0450. The number of anilines is 2. The van der Waals surface area contributed by atoms with Crippen LogP contribution in [-0.4, -0.2) is 35.5 Å². The Morgan fingerprint density at radius 3 is 2.44 bits per heavy atom. The van der Waals surface area contributed by atoms with Crippen molar-refractivity contribution in [3.05, 3.63) is 11.9 Å². The van der Waals surface area contributed by atoms with E-state index in [4.69, 9.17) is 0 Å². The molecule has 0 saturated carbocycles. The van der Waals surface area contributed by atoms with Gasteiger partial charge in [-0.05, 0) is 20.8 Å². The summed E-state index contributed by atoms with van der Waals surface area (Å²) in [4.78, 5) is 19.6. The summed E-state index contributed by atoms with van der Waals surface area (Å²) in [6.07, 6.45) is 1.95. The molecule has 0 atom stereocenters. The van der Waals surface area contributed by atoms with Crippen molar-refractivity contribution in [1.82, 2.24) is 15.3 Å². The lowest BCUT2D eigenvalue weighted by Crippen LogP contribution is -2.25. The molecule has 1 rings (SSSR count). The van der Waals surface area contributed by atoms with Crippen molar-refractivity contribution in [3.63, 3.8) is 0 Å². The number of amides is 1. The maximum absolute atomic E-state index is 11.3. The number of rotatable bonds is 7. The first-order chi connectivity index (χ1) is 8.69. The van der Waals surface area contributed by atoms with Gasteiger partial charge in [0, 0.05) is 31.6 Å². The van der Waals surface area contributed by atoms with Gasteiger partial charge in [0.25, 0.3) is 0 Å². The van der Waals surface area contributed by atoms with Crippen molar-refractivity contribution in [2.45, 2.75) is 27.2 Å². The average molecular weight is 251 g/mol. The molecule has 0 aliphatic rings. The molecule has 1 amide bonds. The number of nitrogens with one attached hydrogen (secondary N) is 3. The fourth-order valence-electron chi connectivity index (χ4n) is 1.55. The van der Waals surface area contributed by atoms with Crippen LogP contribution in [0.15, 0.2) is 6.33 Å². The SMILES string of the molecule is CCNC(=O)CCNc1ncnc(NCC)c1C. The zero-order chi connectivity index (χ0) is 13.4. The van der Waals surface area contributed by atoms with Gasteiger partial charge in [-0.25, -0.2) is 9.97 Å². The van der Waals surface area contributed by atoms with Crippen LogP contribution in [0.1, 0.15) is 25.8 Å². The summed E-state index contributed by atoms with van der Waals surface area (Å²) in [5, 5.41) is 9.07. The van der Waals surface area contributed by atoms with Crippen molar-refractivity contribution in [2.75, 3.05) is 30.3 Å². The quantitative estimate of drug-likeness (QED) is 0.677. The van der Waals surface area contributed by atoms with E-state index < -0.39 is 0 Å². The Balaban J connectivity index is 2.52. The van der Waals surface area contributed by atoms with Crippen LogP contribution in [0.3, 0.4) is 0 Å². The fraction of sp³-hybridized carbons (Fsp3) is 0.583. The van der Waals surface area contributed by atoms with E-state index in [9.17, 15) is 4.79 Å². The molecule has 3 N–H and O–H groups in total. The normalized spacial score (nSPS) is 9.94. The Hall–Kier alpha value is -1.85. The highest BCUT2D eigenvalue weighted by Gasteiger charge is 2.06. The Morgan fingerprint density at radius 2 is 1.83 bits per heavy atom. The van der Waals surface area contributed by atoms with Gasteiger partial charge in [-0.15, -0.1) is 0 Å². The monoisotopic (exact) mass is 251 g/mol. The maximum Gasteiger partial charge on any atom is 0.221 e. The summed E-state index contributed by atoms with van der Waals surface area (Å²) in [5.74, 6) is 1.64. The predicted molar refractivity (Wildman–Crippen MR) is 72.7 cm³/mol. The van der Waals surface area contributed by atoms with E-state index >= 15 is 0 Å². The molecule has 1 heterocycles. The van der Waals surface area contributed by atoms with Crippen LogP contribution in [0.2, 0.25) is 0 Å². The number of hydrogen-bond donors (Lipinski definition) is 3. The molecule has 6 heteroatoms. The molecule has 0 unspecified atom stereocenters. The lowest BCUT2D eigenvalue weighted by Gasteiger charge is -2.11. The first-order valence-corrected chi connectivity index (χ1v) is 6.25. The summed E-state index contributed by atoms with van der Waals surface area (Å²) in [6, 6.07) is 0.